The number of carbonyl (C=O) groups is 1. The number of amides is 1. The van der Waals surface area contributed by atoms with Gasteiger partial charge in [-0.1, -0.05) is 18.2 Å². The molecule has 1 aromatic carbocycles. The molecule has 0 N–H and O–H groups in total. The van der Waals surface area contributed by atoms with Crippen molar-refractivity contribution in [2.24, 2.45) is 5.92 Å². The zero-order chi connectivity index (χ0) is 19.7. The monoisotopic (exact) mass is 435 g/mol. The molecule has 1 saturated heterocycles. The fourth-order valence-corrected chi connectivity index (χ4v) is 7.17. The second-order valence-corrected chi connectivity index (χ2v) is 11.1. The van der Waals surface area contributed by atoms with Gasteiger partial charge in [0.2, 0.25) is 5.91 Å². The van der Waals surface area contributed by atoms with Crippen LogP contribution in [0, 0.1) is 5.92 Å². The highest BCUT2D eigenvalue weighted by Gasteiger charge is 2.35. The summed E-state index contributed by atoms with van der Waals surface area (Å²) >= 11 is 2.79. The number of fused-ring (bicyclic) bond motifs is 1. The molecule has 0 aliphatic carbocycles. The predicted molar refractivity (Wildman–Crippen MR) is 112 cm³/mol. The van der Waals surface area contributed by atoms with E-state index in [0.29, 0.717) is 30.1 Å². The van der Waals surface area contributed by atoms with Gasteiger partial charge in [0.15, 0.2) is 0 Å². The largest absolute Gasteiger partial charge is 0.339 e. The lowest BCUT2D eigenvalue weighted by molar-refractivity contribution is -0.135. The first-order valence-electron chi connectivity index (χ1n) is 9.08. The number of thiazole rings is 1. The highest BCUT2D eigenvalue weighted by atomic mass is 32.2. The van der Waals surface area contributed by atoms with E-state index in [-0.39, 0.29) is 18.4 Å². The summed E-state index contributed by atoms with van der Waals surface area (Å²) in [7, 11) is -1.75. The van der Waals surface area contributed by atoms with Gasteiger partial charge in [-0.25, -0.2) is 13.4 Å². The van der Waals surface area contributed by atoms with Crippen LogP contribution in [0.2, 0.25) is 0 Å². The first kappa shape index (κ1) is 19.5. The number of hydrogen-bond donors (Lipinski definition) is 0. The van der Waals surface area contributed by atoms with Crippen molar-refractivity contribution in [3.63, 3.8) is 0 Å². The van der Waals surface area contributed by atoms with Crippen molar-refractivity contribution in [1.29, 1.82) is 0 Å². The average molecular weight is 436 g/mol. The van der Waals surface area contributed by atoms with E-state index in [4.69, 9.17) is 0 Å². The molecule has 2 aromatic heterocycles. The summed E-state index contributed by atoms with van der Waals surface area (Å²) in [5, 5.41) is 2.64. The lowest BCUT2D eigenvalue weighted by Crippen LogP contribution is -2.45. The summed E-state index contributed by atoms with van der Waals surface area (Å²) in [6, 6.07) is 11.3. The second kappa shape index (κ2) is 7.90. The maximum Gasteiger partial charge on any atom is 0.252 e. The van der Waals surface area contributed by atoms with E-state index in [0.717, 1.165) is 15.2 Å². The summed E-state index contributed by atoms with van der Waals surface area (Å²) in [6.07, 6.45) is 1.40. The van der Waals surface area contributed by atoms with Gasteiger partial charge < -0.3 is 4.90 Å². The van der Waals surface area contributed by atoms with Gasteiger partial charge >= 0.3 is 0 Å². The molecule has 4 rings (SSSR count). The van der Waals surface area contributed by atoms with E-state index in [2.05, 4.69) is 4.98 Å². The number of aromatic nitrogens is 1. The van der Waals surface area contributed by atoms with Crippen LogP contribution in [0.5, 0.6) is 0 Å². The Morgan fingerprint density at radius 2 is 2.11 bits per heavy atom. The first-order chi connectivity index (χ1) is 13.4. The molecule has 9 heteroatoms. The smallest absolute Gasteiger partial charge is 0.252 e. The Balaban J connectivity index is 1.45. The van der Waals surface area contributed by atoms with Gasteiger partial charge in [-0.3, -0.25) is 4.79 Å². The van der Waals surface area contributed by atoms with Crippen LogP contribution in [0.4, 0.5) is 0 Å². The number of rotatable bonds is 5. The Kier molecular flexibility index (Phi) is 5.50. The number of piperidine rings is 1. The predicted octanol–water partition coefficient (Wildman–Crippen LogP) is 3.42. The molecule has 1 aliphatic rings. The van der Waals surface area contributed by atoms with E-state index in [1.54, 1.807) is 40.8 Å². The lowest BCUT2D eigenvalue weighted by Gasteiger charge is -2.32. The van der Waals surface area contributed by atoms with Crippen LogP contribution in [-0.4, -0.2) is 48.7 Å². The van der Waals surface area contributed by atoms with E-state index < -0.39 is 10.0 Å². The molecule has 1 aliphatic heterocycles. The third-order valence-electron chi connectivity index (χ3n) is 4.91. The van der Waals surface area contributed by atoms with Crippen molar-refractivity contribution in [3.05, 3.63) is 46.8 Å². The van der Waals surface area contributed by atoms with Crippen LogP contribution in [0.3, 0.4) is 0 Å². The molecule has 1 amide bonds. The molecule has 0 unspecified atom stereocenters. The fourth-order valence-electron chi connectivity index (χ4n) is 3.48. The number of para-hydroxylation sites is 1. The highest BCUT2D eigenvalue weighted by Crippen LogP contribution is 2.28. The van der Waals surface area contributed by atoms with Gasteiger partial charge in [-0.05, 0) is 36.4 Å². The van der Waals surface area contributed by atoms with E-state index in [1.807, 2.05) is 24.3 Å². The zero-order valence-electron chi connectivity index (χ0n) is 15.4. The number of benzene rings is 1. The van der Waals surface area contributed by atoms with Crippen molar-refractivity contribution < 1.29 is 13.2 Å². The average Bonchev–Trinajstić information content (AvgIpc) is 3.37. The van der Waals surface area contributed by atoms with Gasteiger partial charge in [0.1, 0.15) is 9.22 Å². The number of thiophene rings is 1. The summed E-state index contributed by atoms with van der Waals surface area (Å²) in [5.74, 6) is -0.340. The Labute approximate surface area is 172 Å². The number of hydrogen-bond acceptors (Lipinski definition) is 6. The van der Waals surface area contributed by atoms with E-state index in [1.165, 1.54) is 15.6 Å². The van der Waals surface area contributed by atoms with E-state index >= 15 is 0 Å². The SMILES string of the molecule is CN(Cc1nc2ccccc2s1)C(=O)[C@@H]1CCCN(S(=O)(=O)c2cccs2)C1. The molecule has 28 heavy (non-hydrogen) atoms. The summed E-state index contributed by atoms with van der Waals surface area (Å²) < 4.78 is 28.5. The molecule has 0 bridgehead atoms. The van der Waals surface area contributed by atoms with Gasteiger partial charge in [0, 0.05) is 20.1 Å². The Morgan fingerprint density at radius 3 is 2.86 bits per heavy atom. The number of carbonyl (C=O) groups excluding carboxylic acids is 1. The zero-order valence-corrected chi connectivity index (χ0v) is 17.9. The third-order valence-corrected chi connectivity index (χ3v) is 9.17. The molecule has 148 valence electrons. The molecule has 3 heterocycles. The van der Waals surface area contributed by atoms with Crippen molar-refractivity contribution in [3.8, 4) is 0 Å². The maximum atomic E-state index is 13.0. The van der Waals surface area contributed by atoms with Crippen LogP contribution in [0.25, 0.3) is 10.2 Å². The number of sulfonamides is 1. The van der Waals surface area contributed by atoms with Crippen molar-refractivity contribution in [2.75, 3.05) is 20.1 Å². The van der Waals surface area contributed by atoms with Crippen LogP contribution in [0.1, 0.15) is 17.8 Å². The molecule has 0 spiro atoms. The molecule has 0 saturated carbocycles. The Bertz CT molecular complexity index is 1040. The summed E-state index contributed by atoms with van der Waals surface area (Å²) in [4.78, 5) is 19.2. The molecule has 3 aromatic rings. The van der Waals surface area contributed by atoms with Gasteiger partial charge in [-0.15, -0.1) is 22.7 Å². The maximum absolute atomic E-state index is 13.0. The quantitative estimate of drug-likeness (QED) is 0.616. The van der Waals surface area contributed by atoms with Crippen LogP contribution in [0.15, 0.2) is 46.0 Å². The Hall–Kier alpha value is -1.81. The third kappa shape index (κ3) is 3.84. The topological polar surface area (TPSA) is 70.6 Å². The van der Waals surface area contributed by atoms with Crippen LogP contribution >= 0.6 is 22.7 Å². The van der Waals surface area contributed by atoms with Crippen molar-refractivity contribution in [2.45, 2.75) is 23.6 Å². The van der Waals surface area contributed by atoms with Crippen molar-refractivity contribution in [1.82, 2.24) is 14.2 Å². The fraction of sp³-hybridized carbons (Fsp3) is 0.368. The molecule has 1 atom stereocenters. The molecular weight excluding hydrogens is 414 g/mol. The first-order valence-corrected chi connectivity index (χ1v) is 12.2. The molecule has 1 fully saturated rings. The van der Waals surface area contributed by atoms with Gasteiger partial charge in [0.25, 0.3) is 10.0 Å². The van der Waals surface area contributed by atoms with Gasteiger partial charge in [-0.2, -0.15) is 4.31 Å². The minimum absolute atomic E-state index is 0.0228. The van der Waals surface area contributed by atoms with E-state index in [9.17, 15) is 13.2 Å². The highest BCUT2D eigenvalue weighted by molar-refractivity contribution is 7.91. The normalized spacial score (nSPS) is 18.4. The minimum atomic E-state index is -3.52. The minimum Gasteiger partial charge on any atom is -0.339 e. The molecule has 6 nitrogen and oxygen atoms in total. The summed E-state index contributed by atoms with van der Waals surface area (Å²) in [5.41, 5.74) is 0.939. The van der Waals surface area contributed by atoms with Crippen molar-refractivity contribution >= 4 is 48.8 Å². The summed E-state index contributed by atoms with van der Waals surface area (Å²) in [6.45, 7) is 1.14. The van der Waals surface area contributed by atoms with Crippen LogP contribution < -0.4 is 0 Å². The standard InChI is InChI=1S/C19H21N3O3S3/c1-21(13-17-20-15-7-2-3-8-16(15)27-17)19(23)14-6-4-10-22(12-14)28(24,25)18-9-5-11-26-18/h2-3,5,7-9,11,14H,4,6,10,12-13H2,1H3/t14-/m1/s1. The number of nitrogens with zero attached hydrogens (tertiary/aromatic N) is 3. The second-order valence-electron chi connectivity index (χ2n) is 6.90. The van der Waals surface area contributed by atoms with Gasteiger partial charge in [0.05, 0.1) is 22.7 Å². The molecular formula is C19H21N3O3S3. The molecule has 0 radical (unpaired) electrons. The van der Waals surface area contributed by atoms with Crippen LogP contribution in [-0.2, 0) is 21.4 Å². The lowest BCUT2D eigenvalue weighted by atomic mass is 9.98. The Morgan fingerprint density at radius 1 is 1.29 bits per heavy atom.